The lowest BCUT2D eigenvalue weighted by molar-refractivity contribution is 0.671. The standard InChI is InChI=1S/C52H32O/c1-2-16-34(17-3-1)49-40-22-8-10-24-42(40)50(43-25-11-9-23-41(43)49)44-32-31-39(37-20-6-7-21-38(37)44)46-28-14-30-48-47-29-13-27-45(51(47)53-52(46)48)36-26-12-18-33-15-4-5-19-35(33)36/h1-32H/i1D,2D,3D,6D,7D,8D,9D,10D,11D,16D,17D,20D,21D,22D,23D,24D,25D,31D,32D. The number of fused-ring (bicyclic) bond motifs is 7. The molecule has 11 rings (SSSR count). The molecule has 0 fully saturated rings. The number of benzene rings is 10. The molecule has 0 amide bonds. The van der Waals surface area contributed by atoms with Crippen molar-refractivity contribution in [3.63, 3.8) is 0 Å². The monoisotopic (exact) mass is 691 g/mol. The van der Waals surface area contributed by atoms with Crippen LogP contribution in [0.1, 0.15) is 26.0 Å². The highest BCUT2D eigenvalue weighted by Crippen LogP contribution is 2.48. The fourth-order valence-electron chi connectivity index (χ4n) is 7.52. The maximum Gasteiger partial charge on any atom is 0.143 e. The van der Waals surface area contributed by atoms with E-state index in [0.29, 0.717) is 16.4 Å². The lowest BCUT2D eigenvalue weighted by Gasteiger charge is -2.19. The van der Waals surface area contributed by atoms with Gasteiger partial charge < -0.3 is 4.42 Å². The fourth-order valence-corrected chi connectivity index (χ4v) is 7.52. The van der Waals surface area contributed by atoms with Crippen molar-refractivity contribution in [1.82, 2.24) is 0 Å². The van der Waals surface area contributed by atoms with Gasteiger partial charge in [-0.1, -0.05) is 194 Å². The van der Waals surface area contributed by atoms with Crippen LogP contribution in [0, 0.1) is 0 Å². The SMILES string of the molecule is [2H]c1c([2H])c([2H])c(-c2c3c([2H])c([2H])c([2H])c([2H])c3c(-c3c([2H])c([2H])c(-c4cccc5c4oc4c(-c6cccc7ccccc67)cccc45)c4c([2H])c([2H])c([2H])c([2H])c34)c3c([2H])c([2H])c([2H])c([2H])c23)c([2H])c1[2H]. The van der Waals surface area contributed by atoms with Crippen molar-refractivity contribution >= 4 is 65.0 Å². The Morgan fingerprint density at radius 1 is 0.302 bits per heavy atom. The topological polar surface area (TPSA) is 13.1 Å². The first-order valence-corrected chi connectivity index (χ1v) is 16.7. The maximum atomic E-state index is 10.0. The van der Waals surface area contributed by atoms with Gasteiger partial charge in [0.2, 0.25) is 0 Å². The summed E-state index contributed by atoms with van der Waals surface area (Å²) in [4.78, 5) is 0. The summed E-state index contributed by atoms with van der Waals surface area (Å²) in [5.41, 5.74) is -0.0667. The minimum absolute atomic E-state index is 0.155. The zero-order valence-corrected chi connectivity index (χ0v) is 27.4. The quantitative estimate of drug-likeness (QED) is 0.167. The van der Waals surface area contributed by atoms with Crippen molar-refractivity contribution in [1.29, 1.82) is 0 Å². The fraction of sp³-hybridized carbons (Fsp3) is 0. The van der Waals surface area contributed by atoms with Crippen molar-refractivity contribution in [2.45, 2.75) is 0 Å². The molecule has 0 radical (unpaired) electrons. The van der Waals surface area contributed by atoms with Gasteiger partial charge in [0.05, 0.1) is 26.0 Å². The average Bonchev–Trinajstić information content (AvgIpc) is 3.78. The third-order valence-corrected chi connectivity index (χ3v) is 9.75. The predicted octanol–water partition coefficient (Wildman–Crippen LogP) is 14.9. The number of para-hydroxylation sites is 2. The predicted molar refractivity (Wildman–Crippen MR) is 225 cm³/mol. The van der Waals surface area contributed by atoms with Crippen molar-refractivity contribution < 1.29 is 30.5 Å². The Morgan fingerprint density at radius 2 is 0.755 bits per heavy atom. The molecule has 0 spiro atoms. The number of rotatable bonds is 4. The molecule has 0 aliphatic heterocycles. The van der Waals surface area contributed by atoms with E-state index in [9.17, 15) is 11.0 Å². The smallest absolute Gasteiger partial charge is 0.143 e. The van der Waals surface area contributed by atoms with E-state index in [0.717, 1.165) is 21.9 Å². The van der Waals surface area contributed by atoms with E-state index in [1.165, 1.54) is 0 Å². The number of hydrogen-bond donors (Lipinski definition) is 0. The molecule has 0 unspecified atom stereocenters. The third-order valence-electron chi connectivity index (χ3n) is 9.75. The zero-order valence-electron chi connectivity index (χ0n) is 46.4. The van der Waals surface area contributed by atoms with Crippen molar-refractivity contribution in [3.05, 3.63) is 194 Å². The largest absolute Gasteiger partial charge is 0.455 e. The van der Waals surface area contributed by atoms with Crippen LogP contribution in [-0.2, 0) is 0 Å². The highest BCUT2D eigenvalue weighted by atomic mass is 16.3. The second kappa shape index (κ2) is 11.8. The van der Waals surface area contributed by atoms with Crippen LogP contribution in [0.25, 0.3) is 110 Å². The summed E-state index contributed by atoms with van der Waals surface area (Å²) < 4.78 is 181. The Labute approximate surface area is 333 Å². The molecular formula is C52H32O. The molecule has 53 heavy (non-hydrogen) atoms. The number of hydrogen-bond acceptors (Lipinski definition) is 1. The van der Waals surface area contributed by atoms with Crippen LogP contribution < -0.4 is 0 Å². The van der Waals surface area contributed by atoms with Crippen molar-refractivity contribution in [2.75, 3.05) is 0 Å². The van der Waals surface area contributed by atoms with E-state index >= 15 is 0 Å². The summed E-state index contributed by atoms with van der Waals surface area (Å²) in [6.07, 6.45) is 0. The minimum atomic E-state index is -0.874. The zero-order chi connectivity index (χ0) is 51.4. The van der Waals surface area contributed by atoms with Gasteiger partial charge in [-0.15, -0.1) is 0 Å². The Kier molecular flexibility index (Phi) is 3.69. The Balaban J connectivity index is 1.36. The van der Waals surface area contributed by atoms with Crippen molar-refractivity contribution in [3.8, 4) is 44.5 Å². The van der Waals surface area contributed by atoms with E-state index in [1.54, 1.807) is 18.2 Å². The highest BCUT2D eigenvalue weighted by Gasteiger charge is 2.21. The van der Waals surface area contributed by atoms with Gasteiger partial charge in [0.15, 0.2) is 0 Å². The first kappa shape index (κ1) is 16.6. The summed E-state index contributed by atoms with van der Waals surface area (Å²) in [6, 6.07) is 8.88. The molecule has 1 heteroatoms. The highest BCUT2D eigenvalue weighted by molar-refractivity contribution is 6.25. The molecule has 11 aromatic rings. The van der Waals surface area contributed by atoms with Crippen LogP contribution in [0.5, 0.6) is 0 Å². The normalized spacial score (nSPS) is 16.8. The van der Waals surface area contributed by atoms with Crippen LogP contribution in [0.2, 0.25) is 0 Å². The molecule has 0 aliphatic carbocycles. The van der Waals surface area contributed by atoms with Crippen molar-refractivity contribution in [2.24, 2.45) is 0 Å². The maximum absolute atomic E-state index is 10.0. The summed E-state index contributed by atoms with van der Waals surface area (Å²) in [6.45, 7) is 0. The molecule has 0 saturated heterocycles. The van der Waals surface area contributed by atoms with Crippen LogP contribution >= 0.6 is 0 Å². The van der Waals surface area contributed by atoms with Gasteiger partial charge in [-0.3, -0.25) is 0 Å². The molecule has 1 nitrogen and oxygen atoms in total. The van der Waals surface area contributed by atoms with Gasteiger partial charge in [-0.25, -0.2) is 0 Å². The van der Waals surface area contributed by atoms with E-state index in [1.807, 2.05) is 60.7 Å². The minimum Gasteiger partial charge on any atom is -0.455 e. The molecule has 1 aromatic heterocycles. The first-order valence-electron chi connectivity index (χ1n) is 26.2. The van der Waals surface area contributed by atoms with E-state index < -0.39 is 164 Å². The summed E-state index contributed by atoms with van der Waals surface area (Å²) in [5, 5.41) is 0.117. The second-order valence-corrected chi connectivity index (χ2v) is 12.5. The molecule has 0 saturated carbocycles. The number of furan rings is 1. The summed E-state index contributed by atoms with van der Waals surface area (Å²) in [5.74, 6) is 0. The van der Waals surface area contributed by atoms with Gasteiger partial charge in [0, 0.05) is 21.9 Å². The van der Waals surface area contributed by atoms with Gasteiger partial charge in [0.25, 0.3) is 0 Å². The third kappa shape index (κ3) is 4.51. The second-order valence-electron chi connectivity index (χ2n) is 12.5. The Bertz CT molecular complexity index is 4220. The summed E-state index contributed by atoms with van der Waals surface area (Å²) >= 11 is 0. The molecular weight excluding hydrogens is 641 g/mol. The van der Waals surface area contributed by atoms with Crippen LogP contribution in [-0.4, -0.2) is 0 Å². The Hall–Kier alpha value is -6.96. The summed E-state index contributed by atoms with van der Waals surface area (Å²) in [7, 11) is 0. The Morgan fingerprint density at radius 3 is 1.42 bits per heavy atom. The van der Waals surface area contributed by atoms with Gasteiger partial charge in [-0.2, -0.15) is 0 Å². The van der Waals surface area contributed by atoms with Crippen LogP contribution in [0.4, 0.5) is 0 Å². The van der Waals surface area contributed by atoms with E-state index in [4.69, 9.17) is 19.5 Å². The lowest BCUT2D eigenvalue weighted by atomic mass is 9.84. The van der Waals surface area contributed by atoms with Crippen LogP contribution in [0.3, 0.4) is 0 Å². The van der Waals surface area contributed by atoms with Crippen LogP contribution in [0.15, 0.2) is 198 Å². The van der Waals surface area contributed by atoms with E-state index in [-0.39, 0.29) is 22.1 Å². The molecule has 1 heterocycles. The molecule has 0 N–H and O–H groups in total. The van der Waals surface area contributed by atoms with Gasteiger partial charge in [-0.05, 0) is 76.5 Å². The van der Waals surface area contributed by atoms with E-state index in [2.05, 4.69) is 0 Å². The molecule has 10 aromatic carbocycles. The molecule has 0 aliphatic rings. The van der Waals surface area contributed by atoms with Gasteiger partial charge >= 0.3 is 0 Å². The lowest BCUT2D eigenvalue weighted by Crippen LogP contribution is -1.92. The molecule has 246 valence electrons. The van der Waals surface area contributed by atoms with Gasteiger partial charge in [0.1, 0.15) is 11.2 Å². The molecule has 0 atom stereocenters. The average molecular weight is 692 g/mol. The molecule has 0 bridgehead atoms. The first-order chi connectivity index (χ1) is 34.2.